The minimum atomic E-state index is 0.0594. The first-order valence-electron chi connectivity index (χ1n) is 6.77. The molecule has 6 heteroatoms. The van der Waals surface area contributed by atoms with Gasteiger partial charge in [-0.2, -0.15) is 0 Å². The number of hydrogen-bond acceptors (Lipinski definition) is 4. The number of aliphatic hydroxyl groups excluding tert-OH is 1. The van der Waals surface area contributed by atoms with Crippen LogP contribution >= 0.6 is 27.7 Å². The number of aromatic nitrogens is 3. The number of halogens is 1. The van der Waals surface area contributed by atoms with Crippen LogP contribution in [0.3, 0.4) is 0 Å². The molecule has 1 aliphatic rings. The summed E-state index contributed by atoms with van der Waals surface area (Å²) in [5.74, 6) is 1.10. The summed E-state index contributed by atoms with van der Waals surface area (Å²) in [6.07, 6.45) is 4.70. The Balaban J connectivity index is 1.86. The van der Waals surface area contributed by atoms with E-state index in [-0.39, 0.29) is 6.61 Å². The third-order valence-electron chi connectivity index (χ3n) is 3.46. The summed E-state index contributed by atoms with van der Waals surface area (Å²) >= 11 is 5.18. The van der Waals surface area contributed by atoms with Crippen molar-refractivity contribution in [1.29, 1.82) is 0 Å². The summed E-state index contributed by atoms with van der Waals surface area (Å²) in [7, 11) is 0. The first kappa shape index (κ1) is 14.1. The molecule has 0 aliphatic carbocycles. The van der Waals surface area contributed by atoms with Gasteiger partial charge in [0.05, 0.1) is 6.61 Å². The van der Waals surface area contributed by atoms with Crippen molar-refractivity contribution >= 4 is 27.7 Å². The molecule has 106 valence electrons. The van der Waals surface area contributed by atoms with Crippen molar-refractivity contribution in [2.24, 2.45) is 0 Å². The lowest BCUT2D eigenvalue weighted by Crippen LogP contribution is -2.02. The van der Waals surface area contributed by atoms with Crippen LogP contribution in [0.15, 0.2) is 32.7 Å². The normalized spacial score (nSPS) is 14.9. The van der Waals surface area contributed by atoms with Crippen LogP contribution in [0.5, 0.6) is 0 Å². The van der Waals surface area contributed by atoms with Crippen molar-refractivity contribution in [2.45, 2.75) is 48.9 Å². The minimum Gasteiger partial charge on any atom is -0.392 e. The maximum Gasteiger partial charge on any atom is 0.196 e. The molecule has 0 fully saturated rings. The summed E-state index contributed by atoms with van der Waals surface area (Å²) in [6, 6.07) is 5.90. The van der Waals surface area contributed by atoms with Gasteiger partial charge in [0, 0.05) is 22.3 Å². The predicted molar refractivity (Wildman–Crippen MR) is 81.8 cm³/mol. The van der Waals surface area contributed by atoms with Crippen molar-refractivity contribution < 1.29 is 5.11 Å². The highest BCUT2D eigenvalue weighted by molar-refractivity contribution is 9.10. The van der Waals surface area contributed by atoms with Crippen LogP contribution in [-0.4, -0.2) is 19.9 Å². The first-order valence-corrected chi connectivity index (χ1v) is 8.38. The van der Waals surface area contributed by atoms with E-state index in [4.69, 9.17) is 5.11 Å². The average molecular weight is 354 g/mol. The van der Waals surface area contributed by atoms with Crippen molar-refractivity contribution in [2.75, 3.05) is 0 Å². The Hall–Kier alpha value is -0.850. The molecule has 2 heterocycles. The highest BCUT2D eigenvalue weighted by Crippen LogP contribution is 2.34. The second-order valence-corrected chi connectivity index (χ2v) is 6.75. The number of nitrogens with zero attached hydrogens (tertiary/aromatic N) is 3. The summed E-state index contributed by atoms with van der Waals surface area (Å²) in [5, 5.41) is 18.7. The Labute approximate surface area is 130 Å². The Bertz CT molecular complexity index is 614. The van der Waals surface area contributed by atoms with Crippen LogP contribution in [0, 0.1) is 0 Å². The third kappa shape index (κ3) is 2.92. The van der Waals surface area contributed by atoms with Crippen LogP contribution in [0.25, 0.3) is 0 Å². The zero-order chi connectivity index (χ0) is 13.9. The molecule has 1 aromatic heterocycles. The van der Waals surface area contributed by atoms with E-state index in [0.29, 0.717) is 0 Å². The van der Waals surface area contributed by atoms with E-state index >= 15 is 0 Å². The summed E-state index contributed by atoms with van der Waals surface area (Å²) < 4.78 is 3.23. The van der Waals surface area contributed by atoms with Gasteiger partial charge in [0.2, 0.25) is 0 Å². The maximum atomic E-state index is 9.14. The number of aliphatic hydroxyl groups is 1. The predicted octanol–water partition coefficient (Wildman–Crippen LogP) is 3.41. The van der Waals surface area contributed by atoms with Crippen molar-refractivity contribution in [3.05, 3.63) is 34.1 Å². The lowest BCUT2D eigenvalue weighted by Gasteiger charge is -2.08. The fourth-order valence-electron chi connectivity index (χ4n) is 2.36. The van der Waals surface area contributed by atoms with E-state index in [0.717, 1.165) is 38.9 Å². The highest BCUT2D eigenvalue weighted by Gasteiger charge is 2.16. The quantitative estimate of drug-likeness (QED) is 0.918. The number of aryl methyl sites for hydroxylation is 1. The molecule has 1 aromatic carbocycles. The van der Waals surface area contributed by atoms with Crippen LogP contribution in [0.4, 0.5) is 0 Å². The Kier molecular flexibility index (Phi) is 4.43. The molecule has 4 nitrogen and oxygen atoms in total. The lowest BCUT2D eigenvalue weighted by atomic mass is 10.2. The largest absolute Gasteiger partial charge is 0.392 e. The molecular formula is C14H16BrN3OS. The second kappa shape index (κ2) is 6.28. The van der Waals surface area contributed by atoms with Gasteiger partial charge in [-0.05, 0) is 58.2 Å². The topological polar surface area (TPSA) is 50.9 Å². The van der Waals surface area contributed by atoms with Gasteiger partial charge >= 0.3 is 0 Å². The smallest absolute Gasteiger partial charge is 0.196 e. The Morgan fingerprint density at radius 1 is 1.25 bits per heavy atom. The molecule has 0 bridgehead atoms. The van der Waals surface area contributed by atoms with Crippen molar-refractivity contribution in [3.63, 3.8) is 0 Å². The van der Waals surface area contributed by atoms with Crippen molar-refractivity contribution in [3.8, 4) is 0 Å². The average Bonchev–Trinajstić information content (AvgIpc) is 2.69. The fraction of sp³-hybridized carbons (Fsp3) is 0.429. The molecule has 0 radical (unpaired) electrons. The van der Waals surface area contributed by atoms with Crippen LogP contribution in [0.1, 0.15) is 30.7 Å². The van der Waals surface area contributed by atoms with Gasteiger partial charge in [0.15, 0.2) is 5.16 Å². The molecule has 1 N–H and O–H groups in total. The standard InChI is InChI=1S/C14H16BrN3OS/c15-11-8-10(9-19)5-6-12(11)20-14-17-16-13-4-2-1-3-7-18(13)14/h5-6,8,19H,1-4,7,9H2. The van der Waals surface area contributed by atoms with Gasteiger partial charge in [-0.1, -0.05) is 12.5 Å². The zero-order valence-electron chi connectivity index (χ0n) is 11.0. The molecule has 0 spiro atoms. The number of hydrogen-bond donors (Lipinski definition) is 1. The second-order valence-electron chi connectivity index (χ2n) is 4.89. The lowest BCUT2D eigenvalue weighted by molar-refractivity contribution is 0.281. The molecule has 0 amide bonds. The highest BCUT2D eigenvalue weighted by atomic mass is 79.9. The molecule has 1 aliphatic heterocycles. The monoisotopic (exact) mass is 353 g/mol. The van der Waals surface area contributed by atoms with Gasteiger partial charge in [0.1, 0.15) is 5.82 Å². The maximum absolute atomic E-state index is 9.14. The summed E-state index contributed by atoms with van der Waals surface area (Å²) in [6.45, 7) is 1.07. The van der Waals surface area contributed by atoms with Gasteiger partial charge in [-0.25, -0.2) is 0 Å². The van der Waals surface area contributed by atoms with Gasteiger partial charge < -0.3 is 9.67 Å². The molecule has 0 unspecified atom stereocenters. The Morgan fingerprint density at radius 2 is 2.15 bits per heavy atom. The van der Waals surface area contributed by atoms with E-state index in [2.05, 4.69) is 30.7 Å². The fourth-order valence-corrected chi connectivity index (χ4v) is 3.90. The SMILES string of the molecule is OCc1ccc(Sc2nnc3n2CCCCC3)c(Br)c1. The number of fused-ring (bicyclic) bond motifs is 1. The van der Waals surface area contributed by atoms with Crippen molar-refractivity contribution in [1.82, 2.24) is 14.8 Å². The van der Waals surface area contributed by atoms with Crippen LogP contribution < -0.4 is 0 Å². The van der Waals surface area contributed by atoms with Crippen LogP contribution in [0.2, 0.25) is 0 Å². The molecule has 3 rings (SSSR count). The molecule has 0 saturated heterocycles. The number of benzene rings is 1. The molecule has 0 saturated carbocycles. The van der Waals surface area contributed by atoms with E-state index in [1.807, 2.05) is 18.2 Å². The molecular weight excluding hydrogens is 338 g/mol. The molecule has 2 aromatic rings. The molecule has 20 heavy (non-hydrogen) atoms. The summed E-state index contributed by atoms with van der Waals surface area (Å²) in [5.41, 5.74) is 0.904. The minimum absolute atomic E-state index is 0.0594. The number of rotatable bonds is 3. The first-order chi connectivity index (χ1) is 9.78. The van der Waals surface area contributed by atoms with E-state index in [9.17, 15) is 0 Å². The van der Waals surface area contributed by atoms with E-state index in [1.165, 1.54) is 19.3 Å². The third-order valence-corrected chi connectivity index (χ3v) is 5.43. The van der Waals surface area contributed by atoms with Gasteiger partial charge in [-0.3, -0.25) is 0 Å². The molecule has 0 atom stereocenters. The summed E-state index contributed by atoms with van der Waals surface area (Å²) in [4.78, 5) is 1.10. The van der Waals surface area contributed by atoms with E-state index < -0.39 is 0 Å². The van der Waals surface area contributed by atoms with Gasteiger partial charge in [0.25, 0.3) is 0 Å². The van der Waals surface area contributed by atoms with Gasteiger partial charge in [-0.15, -0.1) is 10.2 Å². The van der Waals surface area contributed by atoms with Crippen LogP contribution in [-0.2, 0) is 19.6 Å². The van der Waals surface area contributed by atoms with E-state index in [1.54, 1.807) is 11.8 Å². The zero-order valence-corrected chi connectivity index (χ0v) is 13.5. The Morgan fingerprint density at radius 3 is 2.95 bits per heavy atom.